The smallest absolute Gasteiger partial charge is 0.412 e. The Kier molecular flexibility index (Phi) is 11.6. The fourth-order valence-corrected chi connectivity index (χ4v) is 9.27. The average Bonchev–Trinajstić information content (AvgIpc) is 2.91. The maximum atomic E-state index is 14.4. The summed E-state index contributed by atoms with van der Waals surface area (Å²) in [4.78, 5) is 16.0. The summed E-state index contributed by atoms with van der Waals surface area (Å²) in [7, 11) is -2.59. The van der Waals surface area contributed by atoms with E-state index in [1.807, 2.05) is 12.1 Å². The molecule has 222 valence electrons. The fraction of sp³-hybridized carbons (Fsp3) is 0.438. The molecule has 3 aromatic rings. The Morgan fingerprint density at radius 2 is 1.34 bits per heavy atom. The van der Waals surface area contributed by atoms with E-state index in [2.05, 4.69) is 79.6 Å². The summed E-state index contributed by atoms with van der Waals surface area (Å²) in [6.07, 6.45) is 2.21. The molecule has 0 aliphatic carbocycles. The lowest BCUT2D eigenvalue weighted by molar-refractivity contribution is 0.0361. The van der Waals surface area contributed by atoms with Crippen LogP contribution in [0.4, 0.5) is 14.9 Å². The van der Waals surface area contributed by atoms with Crippen LogP contribution in [-0.2, 0) is 25.1 Å². The van der Waals surface area contributed by atoms with Crippen LogP contribution in [0.1, 0.15) is 47.1 Å². The third-order valence-corrected chi connectivity index (χ3v) is 11.5. The van der Waals surface area contributed by atoms with Crippen molar-refractivity contribution in [1.29, 1.82) is 0 Å². The quantitative estimate of drug-likeness (QED) is 0.205. The Morgan fingerprint density at radius 1 is 0.805 bits per heavy atom. The van der Waals surface area contributed by atoms with Crippen LogP contribution in [0.3, 0.4) is 0 Å². The maximum absolute atomic E-state index is 14.4. The lowest BCUT2D eigenvalue weighted by Gasteiger charge is -2.43. The van der Waals surface area contributed by atoms with Gasteiger partial charge in [-0.25, -0.2) is 9.18 Å². The number of ether oxygens (including phenoxy) is 3. The van der Waals surface area contributed by atoms with Crippen LogP contribution < -0.4 is 15.7 Å². The summed E-state index contributed by atoms with van der Waals surface area (Å²) >= 11 is 0. The second-order valence-electron chi connectivity index (χ2n) is 11.8. The summed E-state index contributed by atoms with van der Waals surface area (Å²) in [6.45, 7) is 14.0. The molecule has 1 N–H and O–H groups in total. The molecule has 0 fully saturated rings. The molecule has 0 saturated heterocycles. The minimum Gasteiger partial charge on any atom is -0.444 e. The van der Waals surface area contributed by atoms with Crippen molar-refractivity contribution in [3.05, 3.63) is 84.4 Å². The molecule has 1 amide bonds. The second kappa shape index (κ2) is 14.7. The van der Waals surface area contributed by atoms with Gasteiger partial charge < -0.3 is 18.6 Å². The number of anilines is 1. The van der Waals surface area contributed by atoms with Crippen molar-refractivity contribution in [3.63, 3.8) is 0 Å². The molecule has 0 atom stereocenters. The first-order chi connectivity index (χ1) is 19.4. The molecule has 0 unspecified atom stereocenters. The van der Waals surface area contributed by atoms with Gasteiger partial charge in [0.1, 0.15) is 5.60 Å². The summed E-state index contributed by atoms with van der Waals surface area (Å²) in [6, 6.07) is 21.0. The van der Waals surface area contributed by atoms with E-state index in [0.29, 0.717) is 45.0 Å². The first-order valence-electron chi connectivity index (χ1n) is 14.0. The zero-order valence-electron chi connectivity index (χ0n) is 25.0. The number of nitrogens with zero attached hydrogens (tertiary/aromatic N) is 1. The van der Waals surface area contributed by atoms with Crippen molar-refractivity contribution in [2.75, 3.05) is 38.4 Å². The lowest BCUT2D eigenvalue weighted by atomic mass is 10.1. The number of halogens is 1. The van der Waals surface area contributed by atoms with Crippen LogP contribution in [0, 0.1) is 5.82 Å². The van der Waals surface area contributed by atoms with Gasteiger partial charge in [0.05, 0.1) is 44.9 Å². The van der Waals surface area contributed by atoms with Gasteiger partial charge in [0.2, 0.25) is 0 Å². The number of benzene rings is 2. The van der Waals surface area contributed by atoms with Crippen molar-refractivity contribution < 1.29 is 27.8 Å². The topological polar surface area (TPSA) is 78.9 Å². The molecule has 0 radical (unpaired) electrons. The predicted molar refractivity (Wildman–Crippen MR) is 163 cm³/mol. The number of amides is 1. The van der Waals surface area contributed by atoms with Crippen LogP contribution >= 0.6 is 0 Å². The Balaban J connectivity index is 1.48. The van der Waals surface area contributed by atoms with E-state index in [9.17, 15) is 9.18 Å². The zero-order valence-corrected chi connectivity index (χ0v) is 26.0. The summed E-state index contributed by atoms with van der Waals surface area (Å²) in [5.41, 5.74) is -0.119. The van der Waals surface area contributed by atoms with Crippen molar-refractivity contribution >= 4 is 30.5 Å². The molecule has 0 aliphatic rings. The number of hydrogen-bond acceptors (Lipinski definition) is 6. The number of aromatic nitrogens is 1. The van der Waals surface area contributed by atoms with Crippen LogP contribution in [-0.4, -0.2) is 58.0 Å². The van der Waals surface area contributed by atoms with Crippen LogP contribution in [0.5, 0.6) is 0 Å². The monoisotopic (exact) mass is 582 g/mol. The Hall–Kier alpha value is -3.11. The van der Waals surface area contributed by atoms with Gasteiger partial charge in [-0.3, -0.25) is 10.3 Å². The van der Waals surface area contributed by atoms with Crippen LogP contribution in [0.2, 0.25) is 5.04 Å². The number of hydrogen-bond donors (Lipinski definition) is 1. The van der Waals surface area contributed by atoms with E-state index in [-0.39, 0.29) is 10.7 Å². The number of nitrogens with one attached hydrogen (secondary N) is 1. The number of carbonyl (C=O) groups is 1. The van der Waals surface area contributed by atoms with E-state index in [4.69, 9.17) is 18.6 Å². The molecule has 0 aliphatic heterocycles. The first-order valence-corrected chi connectivity index (χ1v) is 15.9. The highest BCUT2D eigenvalue weighted by atomic mass is 28.4. The number of pyridine rings is 1. The van der Waals surface area contributed by atoms with E-state index in [0.717, 1.165) is 6.20 Å². The van der Waals surface area contributed by atoms with E-state index >= 15 is 0 Å². The van der Waals surface area contributed by atoms with Crippen molar-refractivity contribution in [3.8, 4) is 0 Å². The van der Waals surface area contributed by atoms with Crippen LogP contribution in [0.25, 0.3) is 0 Å². The summed E-state index contributed by atoms with van der Waals surface area (Å²) in [5, 5.41) is 4.86. The molecule has 0 spiro atoms. The zero-order chi connectivity index (χ0) is 29.9. The third kappa shape index (κ3) is 9.19. The van der Waals surface area contributed by atoms with Crippen molar-refractivity contribution in [2.45, 2.75) is 58.6 Å². The lowest BCUT2D eigenvalue weighted by Crippen LogP contribution is -2.66. The molecule has 3 rings (SSSR count). The molecule has 41 heavy (non-hydrogen) atoms. The fourth-order valence-electron chi connectivity index (χ4n) is 4.73. The SMILES string of the molecule is CC(C)(C)OC(=O)Nc1c(F)cncc1CCOCCOCCO[Si](c1ccccc1)(c1ccccc1)C(C)(C)C. The summed E-state index contributed by atoms with van der Waals surface area (Å²) < 4.78 is 38.0. The standard InChI is InChI=1S/C32H43FN2O5Si/c1-31(2,3)40-30(36)35-29-25(23-34-24-28(29)33)17-18-37-19-20-38-21-22-39-41(32(4,5)6,26-13-9-7-10-14-26)27-15-11-8-12-16-27/h7-16,23-24H,17-22H2,1-6H3,(H,34,35,36). The molecule has 2 aromatic carbocycles. The highest BCUT2D eigenvalue weighted by Gasteiger charge is 2.50. The number of carbonyl (C=O) groups excluding carboxylic acids is 1. The molecular formula is C32H43FN2O5Si. The van der Waals surface area contributed by atoms with Gasteiger partial charge in [0, 0.05) is 6.20 Å². The molecule has 7 nitrogen and oxygen atoms in total. The minimum absolute atomic E-state index is 0.0505. The normalized spacial score (nSPS) is 12.3. The second-order valence-corrected chi connectivity index (χ2v) is 16.1. The highest BCUT2D eigenvalue weighted by molar-refractivity contribution is 6.99. The van der Waals surface area contributed by atoms with Gasteiger partial charge >= 0.3 is 6.09 Å². The van der Waals surface area contributed by atoms with E-state index < -0.39 is 25.8 Å². The molecule has 1 aromatic heterocycles. The Morgan fingerprint density at radius 3 is 1.88 bits per heavy atom. The number of rotatable bonds is 13. The van der Waals surface area contributed by atoms with Crippen LogP contribution in [0.15, 0.2) is 73.1 Å². The predicted octanol–water partition coefficient (Wildman–Crippen LogP) is 5.72. The molecular weight excluding hydrogens is 539 g/mol. The summed E-state index contributed by atoms with van der Waals surface area (Å²) in [5.74, 6) is -0.627. The largest absolute Gasteiger partial charge is 0.444 e. The van der Waals surface area contributed by atoms with Gasteiger partial charge in [-0.05, 0) is 48.2 Å². The maximum Gasteiger partial charge on any atom is 0.412 e. The van der Waals surface area contributed by atoms with Crippen molar-refractivity contribution in [1.82, 2.24) is 4.98 Å². The Labute approximate surface area is 244 Å². The average molecular weight is 583 g/mol. The molecule has 1 heterocycles. The molecule has 0 saturated carbocycles. The van der Waals surface area contributed by atoms with Crippen molar-refractivity contribution in [2.24, 2.45) is 0 Å². The minimum atomic E-state index is -2.59. The first kappa shape index (κ1) is 32.4. The van der Waals surface area contributed by atoms with Gasteiger partial charge in [-0.15, -0.1) is 0 Å². The third-order valence-electron chi connectivity index (χ3n) is 6.45. The van der Waals surface area contributed by atoms with E-state index in [1.54, 1.807) is 20.8 Å². The molecule has 0 bridgehead atoms. The Bertz CT molecular complexity index is 1190. The van der Waals surface area contributed by atoms with Gasteiger partial charge in [-0.1, -0.05) is 81.4 Å². The van der Waals surface area contributed by atoms with E-state index in [1.165, 1.54) is 16.6 Å². The van der Waals surface area contributed by atoms with Gasteiger partial charge in [-0.2, -0.15) is 0 Å². The highest BCUT2D eigenvalue weighted by Crippen LogP contribution is 2.36. The molecule has 9 heteroatoms. The van der Waals surface area contributed by atoms with Gasteiger partial charge in [0.15, 0.2) is 5.82 Å². The van der Waals surface area contributed by atoms with Gasteiger partial charge in [0.25, 0.3) is 8.32 Å².